The van der Waals surface area contributed by atoms with Crippen LogP contribution in [0.1, 0.15) is 9.67 Å². The minimum atomic E-state index is -0.295. The predicted molar refractivity (Wildman–Crippen MR) is 129 cm³/mol. The van der Waals surface area contributed by atoms with Gasteiger partial charge in [0.15, 0.2) is 6.61 Å². The SMILES string of the molecule is O=C(COc1cccc(NC(=O)c2sc3ccccc3c2Cl)c1)Nc1ccc(Br)cc1. The highest BCUT2D eigenvalue weighted by Crippen LogP contribution is 2.35. The quantitative estimate of drug-likeness (QED) is 0.304. The molecule has 8 heteroatoms. The summed E-state index contributed by atoms with van der Waals surface area (Å²) < 4.78 is 7.45. The second kappa shape index (κ2) is 9.51. The molecule has 5 nitrogen and oxygen atoms in total. The van der Waals surface area contributed by atoms with Crippen molar-refractivity contribution in [2.45, 2.75) is 0 Å². The van der Waals surface area contributed by atoms with Gasteiger partial charge in [0.2, 0.25) is 0 Å². The number of carbonyl (C=O) groups is 2. The lowest BCUT2D eigenvalue weighted by atomic mass is 10.2. The second-order valence-electron chi connectivity index (χ2n) is 6.57. The number of rotatable bonds is 6. The Morgan fingerprint density at radius 1 is 0.935 bits per heavy atom. The molecule has 2 amide bonds. The molecule has 0 spiro atoms. The summed E-state index contributed by atoms with van der Waals surface area (Å²) in [4.78, 5) is 25.3. The van der Waals surface area contributed by atoms with E-state index in [9.17, 15) is 9.59 Å². The molecule has 0 fully saturated rings. The molecule has 3 aromatic carbocycles. The molecular formula is C23H16BrClN2O3S. The summed E-state index contributed by atoms with van der Waals surface area (Å²) in [5, 5.41) is 6.89. The van der Waals surface area contributed by atoms with Crippen LogP contribution in [0.25, 0.3) is 10.1 Å². The van der Waals surface area contributed by atoms with Gasteiger partial charge in [0, 0.05) is 32.0 Å². The van der Waals surface area contributed by atoms with Crippen molar-refractivity contribution in [2.24, 2.45) is 0 Å². The molecule has 0 aliphatic heterocycles. The van der Waals surface area contributed by atoms with Gasteiger partial charge in [0.05, 0.1) is 5.02 Å². The molecule has 31 heavy (non-hydrogen) atoms. The highest BCUT2D eigenvalue weighted by molar-refractivity contribution is 9.10. The number of nitrogens with one attached hydrogen (secondary N) is 2. The van der Waals surface area contributed by atoms with Crippen LogP contribution in [0.2, 0.25) is 5.02 Å². The number of hydrogen-bond donors (Lipinski definition) is 2. The van der Waals surface area contributed by atoms with Crippen molar-refractivity contribution in [1.82, 2.24) is 0 Å². The summed E-state index contributed by atoms with van der Waals surface area (Å²) in [6, 6.07) is 21.7. The molecule has 0 atom stereocenters. The molecule has 0 unspecified atom stereocenters. The van der Waals surface area contributed by atoms with Gasteiger partial charge in [-0.15, -0.1) is 11.3 Å². The second-order valence-corrected chi connectivity index (χ2v) is 8.91. The highest BCUT2D eigenvalue weighted by Gasteiger charge is 2.17. The summed E-state index contributed by atoms with van der Waals surface area (Å²) in [5.74, 6) is -0.114. The Hall–Kier alpha value is -2.87. The summed E-state index contributed by atoms with van der Waals surface area (Å²) in [5.41, 5.74) is 1.22. The molecule has 156 valence electrons. The van der Waals surface area contributed by atoms with E-state index in [2.05, 4.69) is 26.6 Å². The summed E-state index contributed by atoms with van der Waals surface area (Å²) in [6.45, 7) is -0.157. The van der Waals surface area contributed by atoms with E-state index in [1.54, 1.807) is 36.4 Å². The number of halogens is 2. The first kappa shape index (κ1) is 21.4. The van der Waals surface area contributed by atoms with Crippen molar-refractivity contribution in [3.05, 3.63) is 87.2 Å². The third-order valence-corrected chi connectivity index (χ3v) is 6.53. The van der Waals surface area contributed by atoms with Crippen LogP contribution in [0, 0.1) is 0 Å². The van der Waals surface area contributed by atoms with Crippen molar-refractivity contribution in [3.63, 3.8) is 0 Å². The number of thiophene rings is 1. The summed E-state index contributed by atoms with van der Waals surface area (Å²) in [7, 11) is 0. The van der Waals surface area contributed by atoms with E-state index in [0.29, 0.717) is 27.0 Å². The third-order valence-electron chi connectivity index (χ3n) is 4.33. The normalized spacial score (nSPS) is 10.6. The van der Waals surface area contributed by atoms with Crippen LogP contribution in [-0.4, -0.2) is 18.4 Å². The molecule has 0 aliphatic carbocycles. The summed E-state index contributed by atoms with van der Waals surface area (Å²) >= 11 is 11.1. The van der Waals surface area contributed by atoms with Gasteiger partial charge in [-0.25, -0.2) is 0 Å². The van der Waals surface area contributed by atoms with E-state index in [4.69, 9.17) is 16.3 Å². The number of hydrogen-bond acceptors (Lipinski definition) is 4. The number of anilines is 2. The van der Waals surface area contributed by atoms with Gasteiger partial charge in [0.1, 0.15) is 10.6 Å². The van der Waals surface area contributed by atoms with Crippen LogP contribution in [-0.2, 0) is 4.79 Å². The zero-order chi connectivity index (χ0) is 21.8. The van der Waals surface area contributed by atoms with E-state index in [1.165, 1.54) is 11.3 Å². The van der Waals surface area contributed by atoms with Gasteiger partial charge in [-0.1, -0.05) is 51.8 Å². The third kappa shape index (κ3) is 5.25. The Kier molecular flexibility index (Phi) is 6.56. The van der Waals surface area contributed by atoms with Gasteiger partial charge in [-0.2, -0.15) is 0 Å². The van der Waals surface area contributed by atoms with Crippen molar-refractivity contribution >= 4 is 72.1 Å². The van der Waals surface area contributed by atoms with Crippen LogP contribution in [0.5, 0.6) is 5.75 Å². The predicted octanol–water partition coefficient (Wildman–Crippen LogP) is 6.59. The van der Waals surface area contributed by atoms with Crippen molar-refractivity contribution in [2.75, 3.05) is 17.2 Å². The maximum absolute atomic E-state index is 12.7. The molecule has 0 aliphatic rings. The number of amides is 2. The zero-order valence-corrected chi connectivity index (χ0v) is 19.2. The van der Waals surface area contributed by atoms with E-state index in [0.717, 1.165) is 14.6 Å². The minimum absolute atomic E-state index is 0.157. The first-order valence-corrected chi connectivity index (χ1v) is 11.2. The van der Waals surface area contributed by atoms with Crippen LogP contribution in [0.4, 0.5) is 11.4 Å². The van der Waals surface area contributed by atoms with Crippen molar-refractivity contribution in [1.29, 1.82) is 0 Å². The fourth-order valence-electron chi connectivity index (χ4n) is 2.89. The largest absolute Gasteiger partial charge is 0.484 e. The van der Waals surface area contributed by atoms with E-state index >= 15 is 0 Å². The van der Waals surface area contributed by atoms with Crippen LogP contribution < -0.4 is 15.4 Å². The Balaban J connectivity index is 1.38. The van der Waals surface area contributed by atoms with Crippen LogP contribution >= 0.6 is 38.9 Å². The van der Waals surface area contributed by atoms with Gasteiger partial charge < -0.3 is 15.4 Å². The van der Waals surface area contributed by atoms with E-state index in [1.807, 2.05) is 36.4 Å². The monoisotopic (exact) mass is 514 g/mol. The van der Waals surface area contributed by atoms with Crippen LogP contribution in [0.3, 0.4) is 0 Å². The van der Waals surface area contributed by atoms with Gasteiger partial charge in [-0.05, 0) is 42.5 Å². The lowest BCUT2D eigenvalue weighted by Crippen LogP contribution is -2.20. The number of ether oxygens (including phenoxy) is 1. The molecule has 1 heterocycles. The Morgan fingerprint density at radius 2 is 1.71 bits per heavy atom. The first-order chi connectivity index (χ1) is 15.0. The molecule has 1 aromatic heterocycles. The molecule has 0 radical (unpaired) electrons. The molecule has 4 rings (SSSR count). The maximum Gasteiger partial charge on any atom is 0.267 e. The highest BCUT2D eigenvalue weighted by atomic mass is 79.9. The van der Waals surface area contributed by atoms with Gasteiger partial charge >= 0.3 is 0 Å². The van der Waals surface area contributed by atoms with Crippen LogP contribution in [0.15, 0.2) is 77.3 Å². The summed E-state index contributed by atoms with van der Waals surface area (Å²) in [6.07, 6.45) is 0. The minimum Gasteiger partial charge on any atom is -0.484 e. The maximum atomic E-state index is 12.7. The molecule has 2 N–H and O–H groups in total. The van der Waals surface area contributed by atoms with E-state index < -0.39 is 0 Å². The molecular weight excluding hydrogens is 500 g/mol. The van der Waals surface area contributed by atoms with Crippen molar-refractivity contribution in [3.8, 4) is 5.75 Å². The topological polar surface area (TPSA) is 67.4 Å². The molecule has 4 aromatic rings. The Labute approximate surface area is 196 Å². The van der Waals surface area contributed by atoms with Gasteiger partial charge in [-0.3, -0.25) is 9.59 Å². The van der Waals surface area contributed by atoms with Gasteiger partial charge in [0.25, 0.3) is 11.8 Å². The van der Waals surface area contributed by atoms with E-state index in [-0.39, 0.29) is 18.4 Å². The average molecular weight is 516 g/mol. The molecule has 0 saturated carbocycles. The lowest BCUT2D eigenvalue weighted by molar-refractivity contribution is -0.118. The smallest absolute Gasteiger partial charge is 0.267 e. The zero-order valence-electron chi connectivity index (χ0n) is 16.0. The molecule has 0 saturated heterocycles. The molecule has 0 bridgehead atoms. The average Bonchev–Trinajstić information content (AvgIpc) is 3.11. The number of carbonyl (C=O) groups excluding carboxylic acids is 2. The standard InChI is InChI=1S/C23H16BrClN2O3S/c24-14-8-10-15(11-9-14)26-20(28)13-30-17-5-3-4-16(12-17)27-23(29)22-21(25)18-6-1-2-7-19(18)31-22/h1-12H,13H2,(H,26,28)(H,27,29). The van der Waals surface area contributed by atoms with Crippen molar-refractivity contribution < 1.29 is 14.3 Å². The number of fused-ring (bicyclic) bond motifs is 1. The fourth-order valence-corrected chi connectivity index (χ4v) is 4.57. The number of benzene rings is 3. The Morgan fingerprint density at radius 3 is 2.48 bits per heavy atom. The fraction of sp³-hybridized carbons (Fsp3) is 0.0435. The lowest BCUT2D eigenvalue weighted by Gasteiger charge is -2.10. The Bertz CT molecular complexity index is 1260. The first-order valence-electron chi connectivity index (χ1n) is 9.26.